The number of urea groups is 1. The molecule has 2 aromatic heterocycles. The summed E-state index contributed by atoms with van der Waals surface area (Å²) in [6.07, 6.45) is -1.10. The highest BCUT2D eigenvalue weighted by Crippen LogP contribution is 2.29. The molecule has 2 N–H and O–H groups in total. The second-order valence-electron chi connectivity index (χ2n) is 6.95. The maximum atomic E-state index is 12.5. The number of benzene rings is 1. The fourth-order valence-electron chi connectivity index (χ4n) is 2.88. The largest absolute Gasteiger partial charge is 0.448 e. The lowest BCUT2D eigenvalue weighted by Gasteiger charge is -2.12. The Bertz CT molecular complexity index is 1080. The Morgan fingerprint density at radius 1 is 1.20 bits per heavy atom. The van der Waals surface area contributed by atoms with Crippen LogP contribution in [0.5, 0.6) is 0 Å². The number of imide groups is 1. The Labute approximate surface area is 178 Å². The monoisotopic (exact) mass is 428 g/mol. The summed E-state index contributed by atoms with van der Waals surface area (Å²) in [5.41, 5.74) is 3.11. The van der Waals surface area contributed by atoms with E-state index >= 15 is 0 Å². The van der Waals surface area contributed by atoms with Gasteiger partial charge in [0.2, 0.25) is 0 Å². The molecule has 3 aromatic rings. The quantitative estimate of drug-likeness (QED) is 0.587. The molecule has 0 spiro atoms. The van der Waals surface area contributed by atoms with Crippen molar-refractivity contribution in [3.63, 3.8) is 0 Å². The minimum atomic E-state index is -1.10. The highest BCUT2D eigenvalue weighted by Gasteiger charge is 2.23. The van der Waals surface area contributed by atoms with Crippen LogP contribution in [0.4, 0.5) is 4.79 Å². The zero-order chi connectivity index (χ0) is 21.8. The third kappa shape index (κ3) is 4.85. The first-order valence-corrected chi connectivity index (χ1v) is 10.4. The minimum absolute atomic E-state index is 0.376. The Hall–Kier alpha value is -3.20. The highest BCUT2D eigenvalue weighted by atomic mass is 32.1. The van der Waals surface area contributed by atoms with Gasteiger partial charge in [0.1, 0.15) is 9.71 Å². The van der Waals surface area contributed by atoms with E-state index in [1.54, 1.807) is 13.0 Å². The normalized spacial score (nSPS) is 11.9. The van der Waals surface area contributed by atoms with E-state index in [0.717, 1.165) is 21.5 Å². The van der Waals surface area contributed by atoms with Gasteiger partial charge in [-0.25, -0.2) is 9.59 Å². The summed E-state index contributed by atoms with van der Waals surface area (Å²) in [7, 11) is 0. The molecule has 0 aliphatic carbocycles. The van der Waals surface area contributed by atoms with Crippen LogP contribution in [0.3, 0.4) is 0 Å². The molecule has 2 heterocycles. The molecule has 0 saturated carbocycles. The summed E-state index contributed by atoms with van der Waals surface area (Å²) < 4.78 is 7.10. The van der Waals surface area contributed by atoms with Crippen molar-refractivity contribution >= 4 is 39.5 Å². The van der Waals surface area contributed by atoms with E-state index in [-0.39, 0.29) is 0 Å². The van der Waals surface area contributed by atoms with Gasteiger partial charge in [0.25, 0.3) is 5.91 Å². The minimum Gasteiger partial charge on any atom is -0.448 e. The smallest absolute Gasteiger partial charge is 0.349 e. The van der Waals surface area contributed by atoms with Crippen LogP contribution >= 0.6 is 11.3 Å². The molecule has 3 amide bonds. The fourth-order valence-corrected chi connectivity index (χ4v) is 3.92. The summed E-state index contributed by atoms with van der Waals surface area (Å²) in [4.78, 5) is 37.2. The molecule has 0 aliphatic rings. The summed E-state index contributed by atoms with van der Waals surface area (Å²) in [5.74, 6) is -1.30. The average Bonchev–Trinajstić information content (AvgIpc) is 3.25. The molecule has 1 atom stereocenters. The molecular weight excluding hydrogens is 404 g/mol. The van der Waals surface area contributed by atoms with E-state index in [4.69, 9.17) is 4.74 Å². The van der Waals surface area contributed by atoms with Gasteiger partial charge in [-0.1, -0.05) is 29.8 Å². The number of aromatic nitrogens is 2. The molecule has 8 nitrogen and oxygen atoms in total. The predicted molar refractivity (Wildman–Crippen MR) is 115 cm³/mol. The van der Waals surface area contributed by atoms with E-state index in [0.29, 0.717) is 18.0 Å². The van der Waals surface area contributed by atoms with Crippen molar-refractivity contribution < 1.29 is 19.1 Å². The Morgan fingerprint density at radius 3 is 2.57 bits per heavy atom. The van der Waals surface area contributed by atoms with Gasteiger partial charge in [-0.2, -0.15) is 5.10 Å². The zero-order valence-electron chi connectivity index (χ0n) is 17.3. The zero-order valence-corrected chi connectivity index (χ0v) is 18.1. The number of ether oxygens (including phenoxy) is 1. The van der Waals surface area contributed by atoms with Gasteiger partial charge in [-0.05, 0) is 39.3 Å². The average molecular weight is 429 g/mol. The standard InChI is InChI=1S/C21H24N4O4S/c1-5-22-21(28)23-18(26)14(4)29-20(27)17-10-16-13(3)24-25(19(16)30-17)11-15-8-6-12(2)7-9-15/h6-10,14H,5,11H2,1-4H3,(H2,22,23,26,28). The van der Waals surface area contributed by atoms with Gasteiger partial charge in [0.15, 0.2) is 6.10 Å². The third-order valence-electron chi connectivity index (χ3n) is 4.49. The lowest BCUT2D eigenvalue weighted by molar-refractivity contribution is -0.127. The number of rotatable bonds is 6. The molecule has 158 valence electrons. The number of nitrogens with one attached hydrogen (secondary N) is 2. The van der Waals surface area contributed by atoms with Gasteiger partial charge in [0.05, 0.1) is 12.2 Å². The fraction of sp³-hybridized carbons (Fsp3) is 0.333. The summed E-state index contributed by atoms with van der Waals surface area (Å²) in [5, 5.41) is 10.0. The van der Waals surface area contributed by atoms with E-state index in [1.807, 2.05) is 30.7 Å². The van der Waals surface area contributed by atoms with E-state index in [1.165, 1.54) is 23.8 Å². The first-order valence-electron chi connectivity index (χ1n) is 9.60. The van der Waals surface area contributed by atoms with Gasteiger partial charge in [-0.15, -0.1) is 11.3 Å². The lowest BCUT2D eigenvalue weighted by atomic mass is 10.1. The number of esters is 1. The molecule has 0 radical (unpaired) electrons. The topological polar surface area (TPSA) is 102 Å². The van der Waals surface area contributed by atoms with Crippen LogP contribution in [0.1, 0.15) is 40.3 Å². The van der Waals surface area contributed by atoms with Crippen molar-refractivity contribution in [1.29, 1.82) is 0 Å². The van der Waals surface area contributed by atoms with Gasteiger partial charge < -0.3 is 10.1 Å². The third-order valence-corrected chi connectivity index (χ3v) is 5.62. The SMILES string of the molecule is CCNC(=O)NC(=O)C(C)OC(=O)c1cc2c(C)nn(Cc3ccc(C)cc3)c2s1. The number of carbonyl (C=O) groups is 3. The molecule has 0 saturated heterocycles. The van der Waals surface area contributed by atoms with E-state index < -0.39 is 24.0 Å². The molecule has 1 aromatic carbocycles. The second kappa shape index (κ2) is 9.08. The maximum absolute atomic E-state index is 12.5. The van der Waals surface area contributed by atoms with Gasteiger partial charge >= 0.3 is 12.0 Å². The van der Waals surface area contributed by atoms with Crippen LogP contribution in [-0.2, 0) is 16.1 Å². The maximum Gasteiger partial charge on any atom is 0.349 e. The molecule has 0 aliphatic heterocycles. The van der Waals surface area contributed by atoms with Crippen molar-refractivity contribution in [1.82, 2.24) is 20.4 Å². The number of thiophene rings is 1. The highest BCUT2D eigenvalue weighted by molar-refractivity contribution is 7.20. The summed E-state index contributed by atoms with van der Waals surface area (Å²) in [6.45, 7) is 8.05. The number of hydrogen-bond acceptors (Lipinski definition) is 6. The number of hydrogen-bond donors (Lipinski definition) is 2. The second-order valence-corrected chi connectivity index (χ2v) is 7.99. The van der Waals surface area contributed by atoms with Gasteiger partial charge in [0, 0.05) is 11.9 Å². The van der Waals surface area contributed by atoms with Crippen molar-refractivity contribution in [2.75, 3.05) is 6.54 Å². The number of fused-ring (bicyclic) bond motifs is 1. The van der Waals surface area contributed by atoms with Crippen LogP contribution in [0.15, 0.2) is 30.3 Å². The van der Waals surface area contributed by atoms with Crippen molar-refractivity contribution in [3.05, 3.63) is 52.0 Å². The van der Waals surface area contributed by atoms with Crippen LogP contribution in [-0.4, -0.2) is 40.3 Å². The Morgan fingerprint density at radius 2 is 1.90 bits per heavy atom. The number of carbonyl (C=O) groups excluding carboxylic acids is 3. The summed E-state index contributed by atoms with van der Waals surface area (Å²) >= 11 is 1.27. The van der Waals surface area contributed by atoms with E-state index in [2.05, 4.69) is 27.9 Å². The van der Waals surface area contributed by atoms with Crippen molar-refractivity contribution in [2.24, 2.45) is 0 Å². The molecule has 9 heteroatoms. The predicted octanol–water partition coefficient (Wildman–Crippen LogP) is 3.15. The first kappa shape index (κ1) is 21.5. The summed E-state index contributed by atoms with van der Waals surface area (Å²) in [6, 6.07) is 9.30. The molecule has 0 fully saturated rings. The Balaban J connectivity index is 1.73. The van der Waals surface area contributed by atoms with Crippen LogP contribution in [0.25, 0.3) is 10.2 Å². The molecule has 1 unspecified atom stereocenters. The van der Waals surface area contributed by atoms with Crippen molar-refractivity contribution in [2.45, 2.75) is 40.3 Å². The van der Waals surface area contributed by atoms with Crippen LogP contribution in [0.2, 0.25) is 0 Å². The van der Waals surface area contributed by atoms with E-state index in [9.17, 15) is 14.4 Å². The van der Waals surface area contributed by atoms with Gasteiger partial charge in [-0.3, -0.25) is 14.8 Å². The molecular formula is C21H24N4O4S. The molecule has 3 rings (SSSR count). The number of aryl methyl sites for hydroxylation is 2. The lowest BCUT2D eigenvalue weighted by Crippen LogP contribution is -2.44. The van der Waals surface area contributed by atoms with Crippen LogP contribution < -0.4 is 10.6 Å². The van der Waals surface area contributed by atoms with Crippen LogP contribution in [0, 0.1) is 13.8 Å². The first-order chi connectivity index (χ1) is 14.3. The number of amides is 3. The molecule has 30 heavy (non-hydrogen) atoms. The Kier molecular flexibility index (Phi) is 6.51. The van der Waals surface area contributed by atoms with Crippen molar-refractivity contribution in [3.8, 4) is 0 Å². The number of nitrogens with zero attached hydrogens (tertiary/aromatic N) is 2. The molecule has 0 bridgehead atoms.